The molecule has 1 aliphatic heterocycles. The van der Waals surface area contributed by atoms with Crippen molar-refractivity contribution < 1.29 is 8.78 Å². The number of hydrogen-bond donors (Lipinski definition) is 1. The SMILES string of the molecule is NCC(C(F)F)C1CN(C(c2ccc(Cl)cc2)c2ccc(Cl)cc2)C1. The Morgan fingerprint density at radius 3 is 1.72 bits per heavy atom. The highest BCUT2D eigenvalue weighted by Gasteiger charge is 2.40. The van der Waals surface area contributed by atoms with Gasteiger partial charge in [-0.15, -0.1) is 0 Å². The predicted molar refractivity (Wildman–Crippen MR) is 98.4 cm³/mol. The fourth-order valence-electron chi connectivity index (χ4n) is 3.44. The zero-order valence-corrected chi connectivity index (χ0v) is 15.1. The average Bonchev–Trinajstić information content (AvgIpc) is 2.55. The Labute approximate surface area is 156 Å². The highest BCUT2D eigenvalue weighted by molar-refractivity contribution is 6.30. The van der Waals surface area contributed by atoms with Gasteiger partial charge in [0, 0.05) is 35.6 Å². The van der Waals surface area contributed by atoms with Crippen LogP contribution in [0.3, 0.4) is 0 Å². The number of rotatable bonds is 6. The van der Waals surface area contributed by atoms with Crippen LogP contribution in [0.1, 0.15) is 17.2 Å². The Kier molecular flexibility index (Phi) is 5.95. The first-order valence-electron chi connectivity index (χ1n) is 8.22. The molecule has 2 aromatic carbocycles. The van der Waals surface area contributed by atoms with Crippen LogP contribution in [0.2, 0.25) is 10.0 Å². The van der Waals surface area contributed by atoms with Gasteiger partial charge < -0.3 is 5.73 Å². The van der Waals surface area contributed by atoms with Gasteiger partial charge in [-0.25, -0.2) is 8.78 Å². The smallest absolute Gasteiger partial charge is 0.243 e. The van der Waals surface area contributed by atoms with Crippen LogP contribution in [0, 0.1) is 11.8 Å². The van der Waals surface area contributed by atoms with Crippen molar-refractivity contribution >= 4 is 23.2 Å². The van der Waals surface area contributed by atoms with E-state index in [1.54, 1.807) is 0 Å². The van der Waals surface area contributed by atoms with Gasteiger partial charge in [0.2, 0.25) is 6.43 Å². The molecule has 1 saturated heterocycles. The summed E-state index contributed by atoms with van der Waals surface area (Å²) in [4.78, 5) is 2.20. The minimum atomic E-state index is -2.37. The summed E-state index contributed by atoms with van der Waals surface area (Å²) in [5, 5.41) is 1.34. The molecule has 0 bridgehead atoms. The quantitative estimate of drug-likeness (QED) is 0.770. The molecule has 0 radical (unpaired) electrons. The molecule has 0 spiro atoms. The molecule has 2 aromatic rings. The Hall–Kier alpha value is -1.20. The number of halogens is 4. The van der Waals surface area contributed by atoms with Crippen LogP contribution in [0.25, 0.3) is 0 Å². The zero-order chi connectivity index (χ0) is 18.0. The maximum Gasteiger partial charge on any atom is 0.243 e. The number of nitrogens with two attached hydrogens (primary N) is 1. The molecule has 1 unspecified atom stereocenters. The predicted octanol–water partition coefficient (Wildman–Crippen LogP) is 4.85. The number of likely N-dealkylation sites (tertiary alicyclic amines) is 1. The second-order valence-electron chi connectivity index (χ2n) is 6.45. The molecule has 2 nitrogen and oxygen atoms in total. The monoisotopic (exact) mass is 384 g/mol. The number of nitrogens with zero attached hydrogens (tertiary/aromatic N) is 1. The molecule has 0 saturated carbocycles. The van der Waals surface area contributed by atoms with Crippen LogP contribution in [0.4, 0.5) is 8.78 Å². The molecule has 0 amide bonds. The largest absolute Gasteiger partial charge is 0.330 e. The maximum absolute atomic E-state index is 13.1. The van der Waals surface area contributed by atoms with E-state index < -0.39 is 12.3 Å². The first kappa shape index (κ1) is 18.6. The lowest BCUT2D eigenvalue weighted by molar-refractivity contribution is -0.0314. The number of benzene rings is 2. The summed E-state index contributed by atoms with van der Waals surface area (Å²) in [6.07, 6.45) is -2.37. The van der Waals surface area contributed by atoms with Gasteiger partial charge in [0.25, 0.3) is 0 Å². The number of hydrogen-bond acceptors (Lipinski definition) is 2. The van der Waals surface area contributed by atoms with Crippen molar-refractivity contribution in [3.8, 4) is 0 Å². The van der Waals surface area contributed by atoms with Gasteiger partial charge in [0.15, 0.2) is 0 Å². The van der Waals surface area contributed by atoms with Gasteiger partial charge >= 0.3 is 0 Å². The molecule has 25 heavy (non-hydrogen) atoms. The first-order chi connectivity index (χ1) is 12.0. The Morgan fingerprint density at radius 2 is 1.36 bits per heavy atom. The lowest BCUT2D eigenvalue weighted by Gasteiger charge is -2.47. The second kappa shape index (κ2) is 8.00. The van der Waals surface area contributed by atoms with Crippen molar-refractivity contribution in [3.05, 3.63) is 69.7 Å². The van der Waals surface area contributed by atoms with E-state index in [9.17, 15) is 8.78 Å². The van der Waals surface area contributed by atoms with Gasteiger partial charge in [-0.1, -0.05) is 47.5 Å². The van der Waals surface area contributed by atoms with Gasteiger partial charge in [0.05, 0.1) is 6.04 Å². The molecule has 1 aliphatic rings. The molecule has 3 rings (SSSR count). The highest BCUT2D eigenvalue weighted by atomic mass is 35.5. The summed E-state index contributed by atoms with van der Waals surface area (Å²) in [5.74, 6) is -0.820. The van der Waals surface area contributed by atoms with E-state index >= 15 is 0 Å². The second-order valence-corrected chi connectivity index (χ2v) is 7.33. The summed E-state index contributed by atoms with van der Waals surface area (Å²) in [6, 6.07) is 15.3. The molecule has 6 heteroatoms. The minimum Gasteiger partial charge on any atom is -0.330 e. The Morgan fingerprint density at radius 1 is 0.920 bits per heavy atom. The van der Waals surface area contributed by atoms with Crippen LogP contribution in [-0.2, 0) is 0 Å². The maximum atomic E-state index is 13.1. The fraction of sp³-hybridized carbons (Fsp3) is 0.368. The van der Waals surface area contributed by atoms with E-state index in [1.165, 1.54) is 0 Å². The van der Waals surface area contributed by atoms with E-state index in [4.69, 9.17) is 28.9 Å². The van der Waals surface area contributed by atoms with Crippen LogP contribution < -0.4 is 5.73 Å². The topological polar surface area (TPSA) is 29.3 Å². The van der Waals surface area contributed by atoms with E-state index in [2.05, 4.69) is 4.90 Å². The molecule has 1 atom stereocenters. The lowest BCUT2D eigenvalue weighted by atomic mass is 9.82. The van der Waals surface area contributed by atoms with Crippen LogP contribution in [0.5, 0.6) is 0 Å². The first-order valence-corrected chi connectivity index (χ1v) is 8.98. The zero-order valence-electron chi connectivity index (χ0n) is 13.6. The third-order valence-electron chi connectivity index (χ3n) is 4.88. The summed E-state index contributed by atoms with van der Waals surface area (Å²) < 4.78 is 26.2. The lowest BCUT2D eigenvalue weighted by Crippen LogP contribution is -2.54. The molecule has 2 N–H and O–H groups in total. The third-order valence-corrected chi connectivity index (χ3v) is 5.38. The standard InChI is InChI=1S/C19H20Cl2F2N2/c20-15-5-1-12(2-6-15)18(13-3-7-16(21)8-4-13)25-10-14(11-25)17(9-24)19(22)23/h1-8,14,17-19H,9-11,24H2. The Bertz CT molecular complexity index is 640. The molecule has 0 aromatic heterocycles. The van der Waals surface area contributed by atoms with E-state index in [0.717, 1.165) is 11.1 Å². The summed E-state index contributed by atoms with van der Waals surface area (Å²) in [7, 11) is 0. The van der Waals surface area contributed by atoms with Gasteiger partial charge in [-0.05, 0) is 41.3 Å². The van der Waals surface area contributed by atoms with Crippen molar-refractivity contribution in [2.75, 3.05) is 19.6 Å². The Balaban J connectivity index is 1.83. The summed E-state index contributed by atoms with van der Waals surface area (Å²) in [5.41, 5.74) is 7.68. The van der Waals surface area contributed by atoms with Crippen molar-refractivity contribution in [3.63, 3.8) is 0 Å². The summed E-state index contributed by atoms with van der Waals surface area (Å²) in [6.45, 7) is 1.22. The molecule has 0 aliphatic carbocycles. The molecule has 1 heterocycles. The van der Waals surface area contributed by atoms with Gasteiger partial charge in [-0.2, -0.15) is 0 Å². The van der Waals surface area contributed by atoms with E-state index in [-0.39, 0.29) is 18.5 Å². The highest BCUT2D eigenvalue weighted by Crippen LogP contribution is 2.38. The van der Waals surface area contributed by atoms with Crippen molar-refractivity contribution in [1.29, 1.82) is 0 Å². The molecule has 134 valence electrons. The van der Waals surface area contributed by atoms with Gasteiger partial charge in [0.1, 0.15) is 0 Å². The normalized spacial score (nSPS) is 17.1. The summed E-state index contributed by atoms with van der Waals surface area (Å²) >= 11 is 12.0. The van der Waals surface area contributed by atoms with E-state index in [1.807, 2.05) is 48.5 Å². The van der Waals surface area contributed by atoms with E-state index in [0.29, 0.717) is 23.1 Å². The van der Waals surface area contributed by atoms with Crippen molar-refractivity contribution in [2.24, 2.45) is 17.6 Å². The van der Waals surface area contributed by atoms with Crippen LogP contribution in [0.15, 0.2) is 48.5 Å². The molecule has 1 fully saturated rings. The van der Waals surface area contributed by atoms with Crippen molar-refractivity contribution in [2.45, 2.75) is 12.5 Å². The van der Waals surface area contributed by atoms with Crippen molar-refractivity contribution in [1.82, 2.24) is 4.90 Å². The average molecular weight is 385 g/mol. The third kappa shape index (κ3) is 4.14. The van der Waals surface area contributed by atoms with Crippen LogP contribution in [-0.4, -0.2) is 31.0 Å². The van der Waals surface area contributed by atoms with Gasteiger partial charge in [-0.3, -0.25) is 4.90 Å². The minimum absolute atomic E-state index is 0.0121. The molecular weight excluding hydrogens is 365 g/mol. The fourth-order valence-corrected chi connectivity index (χ4v) is 3.69. The molecular formula is C19H20Cl2F2N2. The number of alkyl halides is 2. The van der Waals surface area contributed by atoms with Crippen LogP contribution >= 0.6 is 23.2 Å².